The second-order valence-corrected chi connectivity index (χ2v) is 5.64. The van der Waals surface area contributed by atoms with E-state index >= 15 is 0 Å². The first-order chi connectivity index (χ1) is 12.6. The monoisotopic (exact) mass is 364 g/mol. The van der Waals surface area contributed by atoms with Gasteiger partial charge in [-0.15, -0.1) is 0 Å². The lowest BCUT2D eigenvalue weighted by molar-refractivity contribution is -0.118. The Labute approximate surface area is 152 Å². The normalized spacial score (nSPS) is 13.8. The number of amides is 4. The summed E-state index contributed by atoms with van der Waals surface area (Å²) in [6, 6.07) is 6.33. The molecule has 0 spiro atoms. The molecule has 1 fully saturated rings. The van der Waals surface area contributed by atoms with Crippen molar-refractivity contribution in [2.75, 3.05) is 58.4 Å². The number of methoxy groups -OCH3 is 1. The highest BCUT2D eigenvalue weighted by Crippen LogP contribution is 2.13. The molecule has 0 saturated carbocycles. The number of imide groups is 1. The van der Waals surface area contributed by atoms with Crippen LogP contribution in [0.2, 0.25) is 0 Å². The number of carbonyl (C=O) groups is 3. The third-order valence-corrected chi connectivity index (χ3v) is 3.71. The van der Waals surface area contributed by atoms with E-state index in [1.807, 2.05) is 0 Å². The van der Waals surface area contributed by atoms with E-state index in [1.54, 1.807) is 29.2 Å². The molecule has 0 aromatic heterocycles. The molecule has 3 N–H and O–H groups in total. The van der Waals surface area contributed by atoms with Crippen LogP contribution in [0.15, 0.2) is 24.3 Å². The van der Waals surface area contributed by atoms with E-state index in [0.29, 0.717) is 50.7 Å². The Balaban J connectivity index is 1.81. The molecule has 0 radical (unpaired) electrons. The van der Waals surface area contributed by atoms with Crippen LogP contribution in [0.1, 0.15) is 10.4 Å². The van der Waals surface area contributed by atoms with Gasteiger partial charge in [0.05, 0.1) is 26.4 Å². The maximum Gasteiger partial charge on any atom is 0.321 e. The van der Waals surface area contributed by atoms with Crippen LogP contribution in [-0.4, -0.2) is 75.9 Å². The molecular weight excluding hydrogens is 340 g/mol. The van der Waals surface area contributed by atoms with E-state index in [1.165, 1.54) is 7.11 Å². The number of nitrogens with zero attached hydrogens (tertiary/aromatic N) is 1. The standard InChI is InChI=1S/C17H24N4O5/c1-25-8-5-18-17(24)20-15(22)12-19-14-4-2-3-13(11-14)16(23)21-6-9-26-10-7-21/h2-4,11,19H,5-10,12H2,1H3,(H2,18,20,22,24). The van der Waals surface area contributed by atoms with Crippen molar-refractivity contribution in [2.24, 2.45) is 0 Å². The molecular formula is C17H24N4O5. The number of anilines is 1. The molecule has 9 nitrogen and oxygen atoms in total. The van der Waals surface area contributed by atoms with E-state index in [0.717, 1.165) is 0 Å². The van der Waals surface area contributed by atoms with Gasteiger partial charge in [0.1, 0.15) is 0 Å². The number of hydrogen-bond donors (Lipinski definition) is 3. The van der Waals surface area contributed by atoms with Crippen LogP contribution in [0.25, 0.3) is 0 Å². The summed E-state index contributed by atoms with van der Waals surface area (Å²) in [5.41, 5.74) is 1.16. The SMILES string of the molecule is COCCNC(=O)NC(=O)CNc1cccc(C(=O)N2CCOCC2)c1. The van der Waals surface area contributed by atoms with Crippen molar-refractivity contribution in [1.82, 2.24) is 15.5 Å². The Kier molecular flexibility index (Phi) is 7.84. The zero-order valence-electron chi connectivity index (χ0n) is 14.7. The molecule has 0 aliphatic carbocycles. The van der Waals surface area contributed by atoms with Crippen LogP contribution < -0.4 is 16.0 Å². The number of benzene rings is 1. The van der Waals surface area contributed by atoms with Gasteiger partial charge in [-0.05, 0) is 18.2 Å². The average Bonchev–Trinajstić information content (AvgIpc) is 2.67. The fraction of sp³-hybridized carbons (Fsp3) is 0.471. The van der Waals surface area contributed by atoms with Gasteiger partial charge in [-0.2, -0.15) is 0 Å². The van der Waals surface area contributed by atoms with E-state index in [9.17, 15) is 14.4 Å². The van der Waals surface area contributed by atoms with Gasteiger partial charge in [0.25, 0.3) is 5.91 Å². The Morgan fingerprint density at radius 3 is 2.73 bits per heavy atom. The van der Waals surface area contributed by atoms with Crippen LogP contribution in [0.5, 0.6) is 0 Å². The molecule has 0 atom stereocenters. The third-order valence-electron chi connectivity index (χ3n) is 3.71. The molecule has 2 rings (SSSR count). The lowest BCUT2D eigenvalue weighted by Crippen LogP contribution is -2.43. The lowest BCUT2D eigenvalue weighted by atomic mass is 10.1. The molecule has 1 aliphatic heterocycles. The molecule has 1 aromatic carbocycles. The zero-order valence-corrected chi connectivity index (χ0v) is 14.7. The Morgan fingerprint density at radius 2 is 2.00 bits per heavy atom. The molecule has 1 aliphatic rings. The fourth-order valence-corrected chi connectivity index (χ4v) is 2.38. The van der Waals surface area contributed by atoms with Gasteiger partial charge >= 0.3 is 6.03 Å². The fourth-order valence-electron chi connectivity index (χ4n) is 2.38. The smallest absolute Gasteiger partial charge is 0.321 e. The van der Waals surface area contributed by atoms with E-state index < -0.39 is 11.9 Å². The topological polar surface area (TPSA) is 109 Å². The molecule has 9 heteroatoms. The summed E-state index contributed by atoms with van der Waals surface area (Å²) >= 11 is 0. The molecule has 26 heavy (non-hydrogen) atoms. The highest BCUT2D eigenvalue weighted by Gasteiger charge is 2.18. The molecule has 0 unspecified atom stereocenters. The van der Waals surface area contributed by atoms with Crippen molar-refractivity contribution < 1.29 is 23.9 Å². The molecule has 1 aromatic rings. The third kappa shape index (κ3) is 6.34. The first kappa shape index (κ1) is 19.7. The summed E-state index contributed by atoms with van der Waals surface area (Å²) in [6.45, 7) is 2.80. The van der Waals surface area contributed by atoms with Crippen LogP contribution in [0, 0.1) is 0 Å². The van der Waals surface area contributed by atoms with Gasteiger partial charge < -0.3 is 25.0 Å². The largest absolute Gasteiger partial charge is 0.383 e. The summed E-state index contributed by atoms with van der Waals surface area (Å²) in [6.07, 6.45) is 0. The van der Waals surface area contributed by atoms with Gasteiger partial charge in [-0.1, -0.05) is 6.07 Å². The summed E-state index contributed by atoms with van der Waals surface area (Å²) < 4.78 is 10.0. The van der Waals surface area contributed by atoms with E-state index in [-0.39, 0.29) is 12.5 Å². The molecule has 1 heterocycles. The van der Waals surface area contributed by atoms with Gasteiger partial charge in [-0.25, -0.2) is 4.79 Å². The predicted molar refractivity (Wildman–Crippen MR) is 95.1 cm³/mol. The first-order valence-electron chi connectivity index (χ1n) is 8.37. The summed E-state index contributed by atoms with van der Waals surface area (Å²) in [7, 11) is 1.52. The summed E-state index contributed by atoms with van der Waals surface area (Å²) in [5.74, 6) is -0.552. The number of ether oxygens (including phenoxy) is 2. The minimum Gasteiger partial charge on any atom is -0.383 e. The molecule has 4 amide bonds. The Hall–Kier alpha value is -2.65. The van der Waals surface area contributed by atoms with Crippen molar-refractivity contribution in [1.29, 1.82) is 0 Å². The summed E-state index contributed by atoms with van der Waals surface area (Å²) in [4.78, 5) is 37.4. The highest BCUT2D eigenvalue weighted by molar-refractivity contribution is 5.97. The van der Waals surface area contributed by atoms with E-state index in [4.69, 9.17) is 9.47 Å². The maximum atomic E-state index is 12.5. The number of urea groups is 1. The Bertz CT molecular complexity index is 631. The predicted octanol–water partition coefficient (Wildman–Crippen LogP) is 0.0431. The minimum absolute atomic E-state index is 0.0704. The van der Waals surface area contributed by atoms with Crippen LogP contribution in [0.3, 0.4) is 0 Å². The average molecular weight is 364 g/mol. The van der Waals surface area contributed by atoms with Crippen molar-refractivity contribution in [3.8, 4) is 0 Å². The maximum absolute atomic E-state index is 12.5. The minimum atomic E-state index is -0.579. The first-order valence-corrected chi connectivity index (χ1v) is 8.37. The van der Waals surface area contributed by atoms with E-state index in [2.05, 4.69) is 16.0 Å². The van der Waals surface area contributed by atoms with Crippen molar-refractivity contribution in [3.63, 3.8) is 0 Å². The summed E-state index contributed by atoms with van der Waals surface area (Å²) in [5, 5.41) is 7.59. The second kappa shape index (κ2) is 10.4. The van der Waals surface area contributed by atoms with Crippen molar-refractivity contribution in [2.45, 2.75) is 0 Å². The van der Waals surface area contributed by atoms with Crippen LogP contribution >= 0.6 is 0 Å². The van der Waals surface area contributed by atoms with Crippen LogP contribution in [-0.2, 0) is 14.3 Å². The number of rotatable bonds is 7. The van der Waals surface area contributed by atoms with Crippen molar-refractivity contribution in [3.05, 3.63) is 29.8 Å². The molecule has 0 bridgehead atoms. The van der Waals surface area contributed by atoms with Crippen LogP contribution in [0.4, 0.5) is 10.5 Å². The quantitative estimate of drug-likeness (QED) is 0.590. The zero-order chi connectivity index (χ0) is 18.8. The molecule has 1 saturated heterocycles. The van der Waals surface area contributed by atoms with Gasteiger partial charge in [0.15, 0.2) is 0 Å². The number of morpholine rings is 1. The van der Waals surface area contributed by atoms with Gasteiger partial charge in [-0.3, -0.25) is 14.9 Å². The number of nitrogens with one attached hydrogen (secondary N) is 3. The van der Waals surface area contributed by atoms with Gasteiger partial charge in [0, 0.05) is 38.0 Å². The molecule has 142 valence electrons. The highest BCUT2D eigenvalue weighted by atomic mass is 16.5. The Morgan fingerprint density at radius 1 is 1.23 bits per heavy atom. The second-order valence-electron chi connectivity index (χ2n) is 5.64. The van der Waals surface area contributed by atoms with Crippen molar-refractivity contribution >= 4 is 23.5 Å². The number of hydrogen-bond acceptors (Lipinski definition) is 6. The number of carbonyl (C=O) groups excluding carboxylic acids is 3. The van der Waals surface area contributed by atoms with Gasteiger partial charge in [0.2, 0.25) is 5.91 Å². The lowest BCUT2D eigenvalue weighted by Gasteiger charge is -2.27.